The first-order chi connectivity index (χ1) is 16.0. The van der Waals surface area contributed by atoms with Crippen LogP contribution in [0.4, 0.5) is 4.79 Å². The third-order valence-corrected chi connectivity index (χ3v) is 6.09. The number of carbonyl (C=O) groups excluding carboxylic acids is 3. The maximum absolute atomic E-state index is 13.1. The van der Waals surface area contributed by atoms with Crippen LogP contribution in [0, 0.1) is 6.92 Å². The van der Waals surface area contributed by atoms with Gasteiger partial charge in [0.2, 0.25) is 0 Å². The molecule has 1 saturated carbocycles. The summed E-state index contributed by atoms with van der Waals surface area (Å²) in [7, 11) is 1.53. The van der Waals surface area contributed by atoms with Crippen LogP contribution in [0.5, 0.6) is 11.5 Å². The summed E-state index contributed by atoms with van der Waals surface area (Å²) in [5.41, 5.74) is 2.76. The van der Waals surface area contributed by atoms with Gasteiger partial charge in [-0.05, 0) is 49.1 Å². The second kappa shape index (κ2) is 9.90. The minimum Gasteiger partial charge on any atom is -0.493 e. The number of urea groups is 1. The maximum Gasteiger partial charge on any atom is 0.331 e. The number of benzene rings is 2. The third kappa shape index (κ3) is 5.08. The quantitative estimate of drug-likeness (QED) is 0.524. The highest BCUT2D eigenvalue weighted by Crippen LogP contribution is 2.31. The van der Waals surface area contributed by atoms with Crippen molar-refractivity contribution in [3.8, 4) is 11.5 Å². The molecule has 4 amide bonds. The van der Waals surface area contributed by atoms with E-state index in [0.29, 0.717) is 23.7 Å². The van der Waals surface area contributed by atoms with E-state index >= 15 is 0 Å². The molecule has 1 N–H and O–H groups in total. The van der Waals surface area contributed by atoms with Crippen molar-refractivity contribution in [1.29, 1.82) is 0 Å². The van der Waals surface area contributed by atoms with Gasteiger partial charge in [-0.25, -0.2) is 4.79 Å². The minimum absolute atomic E-state index is 0.0597. The lowest BCUT2D eigenvalue weighted by molar-refractivity contribution is -0.132. The summed E-state index contributed by atoms with van der Waals surface area (Å²) in [6.45, 7) is 2.42. The van der Waals surface area contributed by atoms with Crippen LogP contribution < -0.4 is 14.8 Å². The van der Waals surface area contributed by atoms with E-state index in [0.717, 1.165) is 37.7 Å². The molecule has 172 valence electrons. The van der Waals surface area contributed by atoms with E-state index in [1.807, 2.05) is 31.2 Å². The number of rotatable bonds is 6. The van der Waals surface area contributed by atoms with E-state index in [-0.39, 0.29) is 11.6 Å². The second-order valence-corrected chi connectivity index (χ2v) is 8.47. The Morgan fingerprint density at radius 3 is 2.42 bits per heavy atom. The number of nitrogens with zero attached hydrogens (tertiary/aromatic N) is 1. The number of amides is 4. The molecule has 0 radical (unpaired) electrons. The Labute approximate surface area is 193 Å². The Kier molecular flexibility index (Phi) is 6.77. The lowest BCUT2D eigenvalue weighted by Gasteiger charge is -2.35. The Hall–Kier alpha value is -3.61. The Bertz CT molecular complexity index is 1080. The average molecular weight is 449 g/mol. The van der Waals surface area contributed by atoms with Crippen LogP contribution >= 0.6 is 0 Å². The van der Waals surface area contributed by atoms with Crippen LogP contribution in [0.1, 0.15) is 48.8 Å². The fraction of sp³-hybridized carbons (Fsp3) is 0.346. The molecule has 2 fully saturated rings. The molecule has 33 heavy (non-hydrogen) atoms. The van der Waals surface area contributed by atoms with Crippen LogP contribution in [0.25, 0.3) is 6.08 Å². The lowest BCUT2D eigenvalue weighted by atomic mass is 9.93. The number of methoxy groups -OCH3 is 1. The topological polar surface area (TPSA) is 84.9 Å². The summed E-state index contributed by atoms with van der Waals surface area (Å²) in [6.07, 6.45) is 6.06. The number of aryl methyl sites for hydroxylation is 1. The molecule has 2 aromatic rings. The van der Waals surface area contributed by atoms with Crippen LogP contribution in [0.2, 0.25) is 0 Å². The summed E-state index contributed by atoms with van der Waals surface area (Å²) in [5, 5.41) is 2.31. The minimum atomic E-state index is -0.685. The van der Waals surface area contributed by atoms with Gasteiger partial charge in [0, 0.05) is 6.04 Å². The van der Waals surface area contributed by atoms with Gasteiger partial charge in [-0.2, -0.15) is 0 Å². The number of imide groups is 2. The zero-order valence-corrected chi connectivity index (χ0v) is 18.9. The van der Waals surface area contributed by atoms with E-state index in [9.17, 15) is 14.4 Å². The van der Waals surface area contributed by atoms with E-state index in [4.69, 9.17) is 9.47 Å². The van der Waals surface area contributed by atoms with E-state index in [1.165, 1.54) is 23.6 Å². The first kappa shape index (κ1) is 22.6. The molecule has 0 spiro atoms. The maximum atomic E-state index is 13.1. The van der Waals surface area contributed by atoms with Crippen LogP contribution in [0.15, 0.2) is 48.0 Å². The SMILES string of the molecule is COc1cc(C=C2C(=O)NC(=O)N(C3CCCCC3)C2=O)ccc1OCc1ccc(C)cc1. The molecule has 2 aliphatic rings. The number of hydrogen-bond donors (Lipinski definition) is 1. The smallest absolute Gasteiger partial charge is 0.331 e. The van der Waals surface area contributed by atoms with Gasteiger partial charge in [0.1, 0.15) is 12.2 Å². The highest BCUT2D eigenvalue weighted by atomic mass is 16.5. The second-order valence-electron chi connectivity index (χ2n) is 8.47. The Morgan fingerprint density at radius 1 is 1.00 bits per heavy atom. The number of carbonyl (C=O) groups is 3. The van der Waals surface area contributed by atoms with Gasteiger partial charge in [0.05, 0.1) is 7.11 Å². The average Bonchev–Trinajstić information content (AvgIpc) is 2.82. The first-order valence-electron chi connectivity index (χ1n) is 11.2. The highest BCUT2D eigenvalue weighted by Gasteiger charge is 2.40. The zero-order chi connectivity index (χ0) is 23.4. The standard InChI is InChI=1S/C26H28N2O5/c1-17-8-10-18(11-9-17)16-33-22-13-12-19(15-23(22)32-2)14-21-24(29)27-26(31)28(25(21)30)20-6-4-3-5-7-20/h8-15,20H,3-7,16H2,1-2H3,(H,27,29,31). The van der Waals surface area contributed by atoms with E-state index in [2.05, 4.69) is 5.32 Å². The fourth-order valence-electron chi connectivity index (χ4n) is 4.25. The zero-order valence-electron chi connectivity index (χ0n) is 18.9. The molecule has 7 heteroatoms. The summed E-state index contributed by atoms with van der Waals surface area (Å²) < 4.78 is 11.4. The van der Waals surface area contributed by atoms with E-state index < -0.39 is 17.8 Å². The molecular formula is C26H28N2O5. The van der Waals surface area contributed by atoms with Gasteiger partial charge < -0.3 is 9.47 Å². The number of hydrogen-bond acceptors (Lipinski definition) is 5. The molecule has 0 aromatic heterocycles. The van der Waals surface area contributed by atoms with Crippen molar-refractivity contribution in [1.82, 2.24) is 10.2 Å². The Morgan fingerprint density at radius 2 is 1.73 bits per heavy atom. The summed E-state index contributed by atoms with van der Waals surface area (Å²) in [5.74, 6) is -0.191. The molecule has 2 aromatic carbocycles. The van der Waals surface area contributed by atoms with Crippen molar-refractivity contribution in [2.45, 2.75) is 51.7 Å². The van der Waals surface area contributed by atoms with E-state index in [1.54, 1.807) is 18.2 Å². The van der Waals surface area contributed by atoms with Gasteiger partial charge in [0.15, 0.2) is 11.5 Å². The predicted octanol–water partition coefficient (Wildman–Crippen LogP) is 4.38. The molecule has 0 bridgehead atoms. The lowest BCUT2D eigenvalue weighted by Crippen LogP contribution is -2.58. The van der Waals surface area contributed by atoms with Crippen LogP contribution in [0.3, 0.4) is 0 Å². The number of ether oxygens (including phenoxy) is 2. The third-order valence-electron chi connectivity index (χ3n) is 6.09. The molecule has 0 unspecified atom stereocenters. The number of barbiturate groups is 1. The van der Waals surface area contributed by atoms with Crippen molar-refractivity contribution < 1.29 is 23.9 Å². The van der Waals surface area contributed by atoms with Gasteiger partial charge in [-0.15, -0.1) is 0 Å². The molecule has 7 nitrogen and oxygen atoms in total. The van der Waals surface area contributed by atoms with Gasteiger partial charge in [0.25, 0.3) is 11.8 Å². The fourth-order valence-corrected chi connectivity index (χ4v) is 4.25. The Balaban J connectivity index is 1.54. The summed E-state index contributed by atoms with van der Waals surface area (Å²) in [4.78, 5) is 39.1. The van der Waals surface area contributed by atoms with Crippen LogP contribution in [-0.4, -0.2) is 35.9 Å². The van der Waals surface area contributed by atoms with Crippen molar-refractivity contribution in [2.75, 3.05) is 7.11 Å². The summed E-state index contributed by atoms with van der Waals surface area (Å²) in [6, 6.07) is 12.5. The predicted molar refractivity (Wildman–Crippen MR) is 124 cm³/mol. The van der Waals surface area contributed by atoms with Gasteiger partial charge in [-0.1, -0.05) is 55.2 Å². The van der Waals surface area contributed by atoms with Gasteiger partial charge in [-0.3, -0.25) is 19.8 Å². The van der Waals surface area contributed by atoms with Crippen molar-refractivity contribution in [3.05, 3.63) is 64.7 Å². The van der Waals surface area contributed by atoms with Crippen molar-refractivity contribution in [3.63, 3.8) is 0 Å². The van der Waals surface area contributed by atoms with Gasteiger partial charge >= 0.3 is 6.03 Å². The molecule has 4 rings (SSSR count). The monoisotopic (exact) mass is 448 g/mol. The molecule has 0 atom stereocenters. The molecular weight excluding hydrogens is 420 g/mol. The molecule has 1 aliphatic carbocycles. The van der Waals surface area contributed by atoms with Crippen LogP contribution in [-0.2, 0) is 16.2 Å². The normalized spacial score (nSPS) is 18.4. The largest absolute Gasteiger partial charge is 0.493 e. The molecule has 1 heterocycles. The van der Waals surface area contributed by atoms with Crippen molar-refractivity contribution >= 4 is 23.9 Å². The van der Waals surface area contributed by atoms with Crippen molar-refractivity contribution in [2.24, 2.45) is 0 Å². The molecule has 1 aliphatic heterocycles. The number of nitrogens with one attached hydrogen (secondary N) is 1. The highest BCUT2D eigenvalue weighted by molar-refractivity contribution is 6.31. The first-order valence-corrected chi connectivity index (χ1v) is 11.2. The summed E-state index contributed by atoms with van der Waals surface area (Å²) >= 11 is 0. The molecule has 1 saturated heterocycles.